The maximum Gasteiger partial charge on any atom is 0.226 e. The fourth-order valence-corrected chi connectivity index (χ4v) is 3.92. The number of nitrogens with two attached hydrogens (primary N) is 1. The Morgan fingerprint density at radius 1 is 1.23 bits per heavy atom. The Morgan fingerprint density at radius 2 is 1.91 bits per heavy atom. The number of likely N-dealkylation sites (tertiary alicyclic amines) is 1. The van der Waals surface area contributed by atoms with Gasteiger partial charge in [-0.15, -0.1) is 12.4 Å². The van der Waals surface area contributed by atoms with Crippen LogP contribution in [0.15, 0.2) is 18.2 Å². The molecule has 1 aliphatic carbocycles. The monoisotopic (exact) mass is 362 g/mol. The molecule has 1 aromatic rings. The Kier molecular flexibility index (Phi) is 6.00. The highest BCUT2D eigenvalue weighted by molar-refractivity contribution is 6.34. The molecule has 2 aliphatic rings. The van der Waals surface area contributed by atoms with Crippen LogP contribution in [0, 0.1) is 5.92 Å². The summed E-state index contributed by atoms with van der Waals surface area (Å²) in [5.41, 5.74) is 6.88. The van der Waals surface area contributed by atoms with E-state index < -0.39 is 0 Å². The second kappa shape index (κ2) is 7.39. The quantitative estimate of drug-likeness (QED) is 0.886. The van der Waals surface area contributed by atoms with Crippen LogP contribution in [0.3, 0.4) is 0 Å². The van der Waals surface area contributed by atoms with Crippen LogP contribution in [0.2, 0.25) is 10.0 Å². The summed E-state index contributed by atoms with van der Waals surface area (Å²) in [7, 11) is 0. The molecular weight excluding hydrogens is 343 g/mol. The summed E-state index contributed by atoms with van der Waals surface area (Å²) < 4.78 is 0. The summed E-state index contributed by atoms with van der Waals surface area (Å²) in [5, 5.41) is 1.27. The van der Waals surface area contributed by atoms with E-state index in [1.165, 1.54) is 6.42 Å². The van der Waals surface area contributed by atoms with Crippen molar-refractivity contribution in [1.29, 1.82) is 0 Å². The van der Waals surface area contributed by atoms with Crippen LogP contribution >= 0.6 is 35.6 Å². The summed E-state index contributed by atoms with van der Waals surface area (Å²) in [6.07, 6.45) is 4.18. The van der Waals surface area contributed by atoms with Crippen LogP contribution in [0.5, 0.6) is 0 Å². The first-order valence-corrected chi connectivity index (χ1v) is 8.32. The fraction of sp³-hybridized carbons (Fsp3) is 0.562. The zero-order valence-electron chi connectivity index (χ0n) is 12.3. The molecule has 3 atom stereocenters. The van der Waals surface area contributed by atoms with Gasteiger partial charge in [-0.3, -0.25) is 4.79 Å². The third-order valence-corrected chi connectivity index (χ3v) is 5.04. The van der Waals surface area contributed by atoms with Gasteiger partial charge in [0.15, 0.2) is 0 Å². The highest BCUT2D eigenvalue weighted by Crippen LogP contribution is 2.49. The van der Waals surface area contributed by atoms with Gasteiger partial charge in [-0.1, -0.05) is 23.2 Å². The number of piperidine rings is 1. The van der Waals surface area contributed by atoms with E-state index in [4.69, 9.17) is 28.9 Å². The molecule has 0 aromatic heterocycles. The summed E-state index contributed by atoms with van der Waals surface area (Å²) in [5.74, 6) is 0.590. The number of amides is 1. The average Bonchev–Trinajstić information content (AvgIpc) is 3.26. The normalized spacial score (nSPS) is 27.2. The van der Waals surface area contributed by atoms with Crippen molar-refractivity contribution in [2.75, 3.05) is 13.1 Å². The smallest absolute Gasteiger partial charge is 0.226 e. The molecule has 3 unspecified atom stereocenters. The fourth-order valence-electron chi connectivity index (χ4n) is 3.37. The van der Waals surface area contributed by atoms with Crippen molar-refractivity contribution >= 4 is 41.5 Å². The van der Waals surface area contributed by atoms with Crippen LogP contribution in [0.25, 0.3) is 0 Å². The standard InChI is InChI=1S/C16H20Cl2N2O.ClH/c17-11-5-10(6-12(18)7-11)14-8-15(14)16(21)20-4-2-1-3-13(20)9-19;/h5-7,13-15H,1-4,8-9,19H2;1H. The summed E-state index contributed by atoms with van der Waals surface area (Å²) >= 11 is 12.1. The lowest BCUT2D eigenvalue weighted by Gasteiger charge is -2.35. The lowest BCUT2D eigenvalue weighted by Crippen LogP contribution is -2.48. The Morgan fingerprint density at radius 3 is 2.55 bits per heavy atom. The van der Waals surface area contributed by atoms with Gasteiger partial charge < -0.3 is 10.6 Å². The van der Waals surface area contributed by atoms with E-state index in [-0.39, 0.29) is 36.2 Å². The molecule has 22 heavy (non-hydrogen) atoms. The number of halogens is 3. The first-order chi connectivity index (χ1) is 10.1. The van der Waals surface area contributed by atoms with Crippen molar-refractivity contribution < 1.29 is 4.79 Å². The van der Waals surface area contributed by atoms with Gasteiger partial charge in [-0.2, -0.15) is 0 Å². The predicted molar refractivity (Wildman–Crippen MR) is 93.0 cm³/mol. The highest BCUT2D eigenvalue weighted by Gasteiger charge is 2.47. The summed E-state index contributed by atoms with van der Waals surface area (Å²) in [6.45, 7) is 1.41. The lowest BCUT2D eigenvalue weighted by molar-refractivity contribution is -0.136. The minimum atomic E-state index is 0. The molecule has 1 aromatic carbocycles. The van der Waals surface area contributed by atoms with Crippen LogP contribution in [-0.4, -0.2) is 29.9 Å². The summed E-state index contributed by atoms with van der Waals surface area (Å²) in [6, 6.07) is 5.78. The molecule has 1 aliphatic heterocycles. The average molecular weight is 364 g/mol. The molecule has 3 nitrogen and oxygen atoms in total. The Bertz CT molecular complexity index is 532. The Hall–Kier alpha value is -0.480. The molecule has 1 saturated heterocycles. The Balaban J connectivity index is 0.00000176. The van der Waals surface area contributed by atoms with E-state index in [2.05, 4.69) is 0 Å². The predicted octanol–water partition coefficient (Wildman–Crippen LogP) is 3.86. The molecule has 1 amide bonds. The third-order valence-electron chi connectivity index (χ3n) is 4.60. The van der Waals surface area contributed by atoms with Gasteiger partial charge in [-0.25, -0.2) is 0 Å². The molecule has 122 valence electrons. The number of carbonyl (C=O) groups is 1. The first kappa shape index (κ1) is 17.9. The number of hydrogen-bond acceptors (Lipinski definition) is 2. The van der Waals surface area contributed by atoms with Crippen molar-refractivity contribution in [3.8, 4) is 0 Å². The second-order valence-electron chi connectivity index (χ2n) is 6.07. The van der Waals surface area contributed by atoms with Gasteiger partial charge in [-0.05, 0) is 55.4 Å². The van der Waals surface area contributed by atoms with E-state index >= 15 is 0 Å². The topological polar surface area (TPSA) is 46.3 Å². The van der Waals surface area contributed by atoms with E-state index in [1.54, 1.807) is 6.07 Å². The SMILES string of the molecule is Cl.NCC1CCCCN1C(=O)C1CC1c1cc(Cl)cc(Cl)c1. The molecule has 1 heterocycles. The van der Waals surface area contributed by atoms with Gasteiger partial charge in [0.25, 0.3) is 0 Å². The van der Waals surface area contributed by atoms with E-state index in [0.717, 1.165) is 31.4 Å². The van der Waals surface area contributed by atoms with E-state index in [9.17, 15) is 4.79 Å². The molecule has 6 heteroatoms. The number of benzene rings is 1. The lowest BCUT2D eigenvalue weighted by atomic mass is 10.0. The van der Waals surface area contributed by atoms with Crippen LogP contribution in [0.1, 0.15) is 37.2 Å². The number of hydrogen-bond donors (Lipinski definition) is 1. The van der Waals surface area contributed by atoms with Gasteiger partial charge in [0.1, 0.15) is 0 Å². The van der Waals surface area contributed by atoms with Crippen molar-refractivity contribution in [1.82, 2.24) is 4.90 Å². The molecule has 0 radical (unpaired) electrons. The molecule has 2 N–H and O–H groups in total. The molecule has 0 spiro atoms. The van der Waals surface area contributed by atoms with E-state index in [0.29, 0.717) is 16.6 Å². The van der Waals surface area contributed by atoms with Crippen molar-refractivity contribution in [3.63, 3.8) is 0 Å². The maximum atomic E-state index is 12.7. The van der Waals surface area contributed by atoms with Crippen molar-refractivity contribution in [2.24, 2.45) is 11.7 Å². The Labute approximate surface area is 147 Å². The highest BCUT2D eigenvalue weighted by atomic mass is 35.5. The van der Waals surface area contributed by atoms with Gasteiger partial charge in [0.05, 0.1) is 0 Å². The first-order valence-electron chi connectivity index (χ1n) is 7.56. The van der Waals surface area contributed by atoms with Crippen LogP contribution < -0.4 is 5.73 Å². The number of nitrogens with zero attached hydrogens (tertiary/aromatic N) is 1. The number of carbonyl (C=O) groups excluding carboxylic acids is 1. The van der Waals surface area contributed by atoms with Crippen LogP contribution in [0.4, 0.5) is 0 Å². The summed E-state index contributed by atoms with van der Waals surface area (Å²) in [4.78, 5) is 14.7. The van der Waals surface area contributed by atoms with Gasteiger partial charge in [0, 0.05) is 35.1 Å². The third kappa shape index (κ3) is 3.70. The zero-order chi connectivity index (χ0) is 15.0. The minimum Gasteiger partial charge on any atom is -0.338 e. The van der Waals surface area contributed by atoms with Crippen molar-refractivity contribution in [2.45, 2.75) is 37.6 Å². The molecule has 1 saturated carbocycles. The minimum absolute atomic E-state index is 0. The largest absolute Gasteiger partial charge is 0.338 e. The van der Waals surface area contributed by atoms with Crippen LogP contribution in [-0.2, 0) is 4.79 Å². The van der Waals surface area contributed by atoms with Gasteiger partial charge in [0.2, 0.25) is 5.91 Å². The second-order valence-corrected chi connectivity index (χ2v) is 6.94. The molecular formula is C16H21Cl3N2O. The van der Waals surface area contributed by atoms with Crippen molar-refractivity contribution in [3.05, 3.63) is 33.8 Å². The molecule has 3 rings (SSSR count). The van der Waals surface area contributed by atoms with Gasteiger partial charge >= 0.3 is 0 Å². The maximum absolute atomic E-state index is 12.7. The molecule has 2 fully saturated rings. The zero-order valence-corrected chi connectivity index (χ0v) is 14.6. The number of rotatable bonds is 3. The molecule has 0 bridgehead atoms. The van der Waals surface area contributed by atoms with E-state index in [1.807, 2.05) is 17.0 Å².